The van der Waals surface area contributed by atoms with Crippen molar-refractivity contribution in [1.82, 2.24) is 15.2 Å². The molecule has 0 aliphatic carbocycles. The van der Waals surface area contributed by atoms with Gasteiger partial charge in [-0.3, -0.25) is 4.98 Å². The molecule has 0 saturated carbocycles. The molecule has 0 spiro atoms. The SMILES string of the molecule is OCC(O)c1nnc(-c2ccccn2)s1. The highest BCUT2D eigenvalue weighted by Gasteiger charge is 2.13. The van der Waals surface area contributed by atoms with Crippen LogP contribution in [0.2, 0.25) is 0 Å². The summed E-state index contributed by atoms with van der Waals surface area (Å²) < 4.78 is 0. The summed E-state index contributed by atoms with van der Waals surface area (Å²) >= 11 is 1.22. The smallest absolute Gasteiger partial charge is 0.166 e. The zero-order chi connectivity index (χ0) is 10.7. The average Bonchev–Trinajstić information content (AvgIpc) is 2.78. The first-order chi connectivity index (χ1) is 7.31. The second-order valence-corrected chi connectivity index (χ2v) is 3.87. The third-order valence-electron chi connectivity index (χ3n) is 1.78. The molecule has 0 amide bonds. The van der Waals surface area contributed by atoms with E-state index in [1.54, 1.807) is 6.20 Å². The zero-order valence-electron chi connectivity index (χ0n) is 7.74. The lowest BCUT2D eigenvalue weighted by Gasteiger charge is -1.98. The van der Waals surface area contributed by atoms with E-state index in [4.69, 9.17) is 5.11 Å². The lowest BCUT2D eigenvalue weighted by molar-refractivity contribution is 0.0948. The van der Waals surface area contributed by atoms with Gasteiger partial charge in [0.15, 0.2) is 5.01 Å². The largest absolute Gasteiger partial charge is 0.393 e. The predicted molar refractivity (Wildman–Crippen MR) is 55.2 cm³/mol. The molecule has 15 heavy (non-hydrogen) atoms. The number of aliphatic hydroxyl groups is 2. The van der Waals surface area contributed by atoms with Crippen LogP contribution in [0.3, 0.4) is 0 Å². The fraction of sp³-hybridized carbons (Fsp3) is 0.222. The molecule has 0 radical (unpaired) electrons. The van der Waals surface area contributed by atoms with E-state index in [0.29, 0.717) is 15.7 Å². The third kappa shape index (κ3) is 2.17. The number of aliphatic hydroxyl groups excluding tert-OH is 2. The van der Waals surface area contributed by atoms with Crippen LogP contribution in [-0.4, -0.2) is 32.0 Å². The number of aromatic nitrogens is 3. The molecule has 2 aromatic rings. The molecule has 2 N–H and O–H groups in total. The first kappa shape index (κ1) is 10.2. The van der Waals surface area contributed by atoms with Crippen LogP contribution < -0.4 is 0 Å². The van der Waals surface area contributed by atoms with Crippen LogP contribution in [0.4, 0.5) is 0 Å². The summed E-state index contributed by atoms with van der Waals surface area (Å²) in [5.41, 5.74) is 0.714. The van der Waals surface area contributed by atoms with Crippen molar-refractivity contribution in [2.75, 3.05) is 6.61 Å². The third-order valence-corrected chi connectivity index (χ3v) is 2.83. The average molecular weight is 223 g/mol. The Morgan fingerprint density at radius 2 is 2.20 bits per heavy atom. The van der Waals surface area contributed by atoms with Gasteiger partial charge in [0.25, 0.3) is 0 Å². The number of rotatable bonds is 3. The minimum atomic E-state index is -0.958. The maximum atomic E-state index is 9.33. The van der Waals surface area contributed by atoms with Crippen molar-refractivity contribution in [1.29, 1.82) is 0 Å². The molecule has 5 nitrogen and oxygen atoms in total. The molecule has 0 bridgehead atoms. The van der Waals surface area contributed by atoms with Gasteiger partial charge in [0.05, 0.1) is 6.61 Å². The van der Waals surface area contributed by atoms with Gasteiger partial charge in [-0.2, -0.15) is 0 Å². The quantitative estimate of drug-likeness (QED) is 0.797. The molecule has 2 heterocycles. The molecule has 0 aliphatic rings. The second kappa shape index (κ2) is 4.43. The van der Waals surface area contributed by atoms with Gasteiger partial charge in [-0.25, -0.2) is 0 Å². The highest BCUT2D eigenvalue weighted by Crippen LogP contribution is 2.24. The molecule has 0 saturated heterocycles. The van der Waals surface area contributed by atoms with Crippen molar-refractivity contribution in [3.05, 3.63) is 29.4 Å². The number of hydrogen-bond donors (Lipinski definition) is 2. The highest BCUT2D eigenvalue weighted by atomic mass is 32.1. The van der Waals surface area contributed by atoms with E-state index in [9.17, 15) is 5.11 Å². The van der Waals surface area contributed by atoms with Crippen LogP contribution in [0.25, 0.3) is 10.7 Å². The summed E-state index contributed by atoms with van der Waals surface area (Å²) in [4.78, 5) is 4.11. The van der Waals surface area contributed by atoms with Gasteiger partial charge >= 0.3 is 0 Å². The Kier molecular flexibility index (Phi) is 3.00. The molecule has 2 aromatic heterocycles. The summed E-state index contributed by atoms with van der Waals surface area (Å²) in [7, 11) is 0. The van der Waals surface area contributed by atoms with Crippen molar-refractivity contribution in [3.63, 3.8) is 0 Å². The first-order valence-electron chi connectivity index (χ1n) is 4.35. The second-order valence-electron chi connectivity index (χ2n) is 2.86. The molecule has 0 fully saturated rings. The van der Waals surface area contributed by atoms with E-state index in [1.807, 2.05) is 18.2 Å². The lowest BCUT2D eigenvalue weighted by atomic mass is 10.4. The molecule has 0 aliphatic heterocycles. The minimum Gasteiger partial charge on any atom is -0.393 e. The molecule has 1 atom stereocenters. The van der Waals surface area contributed by atoms with Crippen LogP contribution >= 0.6 is 11.3 Å². The van der Waals surface area contributed by atoms with Crippen LogP contribution in [0.5, 0.6) is 0 Å². The van der Waals surface area contributed by atoms with Crippen molar-refractivity contribution >= 4 is 11.3 Å². The topological polar surface area (TPSA) is 79.1 Å². The van der Waals surface area contributed by atoms with E-state index in [-0.39, 0.29) is 6.61 Å². The van der Waals surface area contributed by atoms with Gasteiger partial charge < -0.3 is 10.2 Å². The molecular formula is C9H9N3O2S. The molecule has 6 heteroatoms. The van der Waals surface area contributed by atoms with Crippen molar-refractivity contribution in [2.45, 2.75) is 6.10 Å². The van der Waals surface area contributed by atoms with Crippen molar-refractivity contribution < 1.29 is 10.2 Å². The van der Waals surface area contributed by atoms with Gasteiger partial charge in [-0.1, -0.05) is 17.4 Å². The Labute approximate surface area is 90.1 Å². The monoisotopic (exact) mass is 223 g/mol. The van der Waals surface area contributed by atoms with Crippen molar-refractivity contribution in [2.24, 2.45) is 0 Å². The number of hydrogen-bond acceptors (Lipinski definition) is 6. The molecule has 1 unspecified atom stereocenters. The van der Waals surface area contributed by atoms with Gasteiger partial charge in [-0.05, 0) is 12.1 Å². The van der Waals surface area contributed by atoms with Crippen LogP contribution in [-0.2, 0) is 0 Å². The Morgan fingerprint density at radius 1 is 1.33 bits per heavy atom. The Morgan fingerprint density at radius 3 is 2.87 bits per heavy atom. The summed E-state index contributed by atoms with van der Waals surface area (Å²) in [6.45, 7) is -0.350. The van der Waals surface area contributed by atoms with Crippen LogP contribution in [0.1, 0.15) is 11.1 Å². The van der Waals surface area contributed by atoms with Gasteiger partial charge in [0.1, 0.15) is 16.8 Å². The van der Waals surface area contributed by atoms with Crippen LogP contribution in [0, 0.1) is 0 Å². The molecule has 0 aromatic carbocycles. The minimum absolute atomic E-state index is 0.350. The summed E-state index contributed by atoms with van der Waals surface area (Å²) in [5.74, 6) is 0. The van der Waals surface area contributed by atoms with E-state index in [1.165, 1.54) is 11.3 Å². The Hall–Kier alpha value is -1.37. The van der Waals surface area contributed by atoms with Gasteiger partial charge in [0, 0.05) is 6.20 Å². The van der Waals surface area contributed by atoms with Gasteiger partial charge in [0.2, 0.25) is 0 Å². The van der Waals surface area contributed by atoms with E-state index < -0.39 is 6.10 Å². The number of nitrogens with zero attached hydrogens (tertiary/aromatic N) is 3. The van der Waals surface area contributed by atoms with E-state index >= 15 is 0 Å². The molecule has 78 valence electrons. The maximum Gasteiger partial charge on any atom is 0.166 e. The lowest BCUT2D eigenvalue weighted by Crippen LogP contribution is -2.01. The summed E-state index contributed by atoms with van der Waals surface area (Å²) in [5, 5.41) is 26.8. The normalized spacial score (nSPS) is 12.7. The fourth-order valence-electron chi connectivity index (χ4n) is 1.04. The standard InChI is InChI=1S/C9H9N3O2S/c13-5-7(14)9-12-11-8(15-9)6-3-1-2-4-10-6/h1-4,7,13-14H,5H2. The highest BCUT2D eigenvalue weighted by molar-refractivity contribution is 7.14. The summed E-state index contributed by atoms with van der Waals surface area (Å²) in [6.07, 6.45) is 0.707. The van der Waals surface area contributed by atoms with E-state index in [0.717, 1.165) is 0 Å². The summed E-state index contributed by atoms with van der Waals surface area (Å²) in [6, 6.07) is 5.48. The maximum absolute atomic E-state index is 9.33. The van der Waals surface area contributed by atoms with Gasteiger partial charge in [-0.15, -0.1) is 10.2 Å². The number of pyridine rings is 1. The van der Waals surface area contributed by atoms with Crippen molar-refractivity contribution in [3.8, 4) is 10.7 Å². The predicted octanol–water partition coefficient (Wildman–Crippen LogP) is 0.626. The van der Waals surface area contributed by atoms with Crippen LogP contribution in [0.15, 0.2) is 24.4 Å². The Balaban J connectivity index is 2.28. The van der Waals surface area contributed by atoms with E-state index in [2.05, 4.69) is 15.2 Å². The molecule has 2 rings (SSSR count). The Bertz CT molecular complexity index is 432. The molecular weight excluding hydrogens is 214 g/mol. The first-order valence-corrected chi connectivity index (χ1v) is 5.16. The fourth-order valence-corrected chi connectivity index (χ4v) is 1.84. The zero-order valence-corrected chi connectivity index (χ0v) is 8.55.